The van der Waals surface area contributed by atoms with Crippen molar-refractivity contribution in [2.45, 2.75) is 13.5 Å². The van der Waals surface area contributed by atoms with Crippen molar-refractivity contribution in [2.75, 3.05) is 12.4 Å². The summed E-state index contributed by atoms with van der Waals surface area (Å²) >= 11 is 0. The molecular weight excluding hydrogens is 318 g/mol. The van der Waals surface area contributed by atoms with E-state index in [1.165, 1.54) is 0 Å². The maximum absolute atomic E-state index is 12.3. The van der Waals surface area contributed by atoms with Crippen LogP contribution in [0.5, 0.6) is 11.5 Å². The van der Waals surface area contributed by atoms with Gasteiger partial charge in [0.25, 0.3) is 5.91 Å². The van der Waals surface area contributed by atoms with Crippen molar-refractivity contribution in [3.8, 4) is 11.5 Å². The van der Waals surface area contributed by atoms with Crippen molar-refractivity contribution in [2.24, 2.45) is 0 Å². The van der Waals surface area contributed by atoms with E-state index in [4.69, 9.17) is 13.9 Å². The Balaban J connectivity index is 1.62. The number of hydrogen-bond donors (Lipinski definition) is 1. The van der Waals surface area contributed by atoms with Crippen LogP contribution in [-0.4, -0.2) is 13.0 Å². The Morgan fingerprint density at radius 3 is 2.72 bits per heavy atom. The molecule has 5 nitrogen and oxygen atoms in total. The maximum atomic E-state index is 12.3. The van der Waals surface area contributed by atoms with Gasteiger partial charge in [-0.2, -0.15) is 0 Å². The summed E-state index contributed by atoms with van der Waals surface area (Å²) in [6.07, 6.45) is 0. The summed E-state index contributed by atoms with van der Waals surface area (Å²) in [5, 5.41) is 2.78. The van der Waals surface area contributed by atoms with Crippen LogP contribution in [-0.2, 0) is 6.61 Å². The van der Waals surface area contributed by atoms with E-state index in [2.05, 4.69) is 5.32 Å². The van der Waals surface area contributed by atoms with Crippen LogP contribution >= 0.6 is 0 Å². The number of ether oxygens (including phenoxy) is 2. The molecule has 0 saturated heterocycles. The van der Waals surface area contributed by atoms with Crippen LogP contribution in [0.15, 0.2) is 65.1 Å². The zero-order chi connectivity index (χ0) is 17.6. The van der Waals surface area contributed by atoms with E-state index in [-0.39, 0.29) is 18.3 Å². The second kappa shape index (κ2) is 7.57. The van der Waals surface area contributed by atoms with Gasteiger partial charge in [0, 0.05) is 11.8 Å². The van der Waals surface area contributed by atoms with Crippen molar-refractivity contribution in [3.63, 3.8) is 0 Å². The van der Waals surface area contributed by atoms with Gasteiger partial charge in [0.2, 0.25) is 0 Å². The minimum Gasteiger partial charge on any atom is -0.497 e. The lowest BCUT2D eigenvalue weighted by Gasteiger charge is -2.07. The molecule has 0 radical (unpaired) electrons. The number of benzene rings is 2. The van der Waals surface area contributed by atoms with Crippen molar-refractivity contribution in [3.05, 3.63) is 77.7 Å². The third kappa shape index (κ3) is 4.20. The minimum absolute atomic E-state index is 0.228. The van der Waals surface area contributed by atoms with Gasteiger partial charge in [-0.05, 0) is 42.8 Å². The first kappa shape index (κ1) is 16.6. The fraction of sp³-hybridized carbons (Fsp3) is 0.150. The number of furan rings is 1. The zero-order valence-corrected chi connectivity index (χ0v) is 14.1. The lowest BCUT2D eigenvalue weighted by Crippen LogP contribution is -2.10. The summed E-state index contributed by atoms with van der Waals surface area (Å²) in [6.45, 7) is 2.24. The van der Waals surface area contributed by atoms with E-state index in [9.17, 15) is 4.79 Å². The first-order valence-corrected chi connectivity index (χ1v) is 7.88. The number of nitrogens with one attached hydrogen (secondary N) is 1. The quantitative estimate of drug-likeness (QED) is 0.723. The smallest absolute Gasteiger partial charge is 0.291 e. The molecule has 0 atom stereocenters. The van der Waals surface area contributed by atoms with Crippen LogP contribution in [0.25, 0.3) is 0 Å². The number of anilines is 1. The third-order valence-corrected chi connectivity index (χ3v) is 3.68. The Labute approximate surface area is 146 Å². The molecule has 0 spiro atoms. The molecule has 2 aromatic carbocycles. The van der Waals surface area contributed by atoms with Gasteiger partial charge < -0.3 is 19.2 Å². The standard InChI is InChI=1S/C20H19NO4/c1-14-6-3-4-9-18(14)24-13-17-10-11-19(25-17)20(22)21-15-7-5-8-16(12-15)23-2/h3-12H,13H2,1-2H3,(H,21,22). The van der Waals surface area contributed by atoms with E-state index in [0.29, 0.717) is 17.2 Å². The summed E-state index contributed by atoms with van der Waals surface area (Å²) in [4.78, 5) is 12.3. The molecule has 25 heavy (non-hydrogen) atoms. The second-order valence-corrected chi connectivity index (χ2v) is 5.51. The number of carbonyl (C=O) groups excluding carboxylic acids is 1. The highest BCUT2D eigenvalue weighted by Gasteiger charge is 2.12. The normalized spacial score (nSPS) is 10.3. The first-order chi connectivity index (χ1) is 12.2. The minimum atomic E-state index is -0.324. The Morgan fingerprint density at radius 2 is 1.92 bits per heavy atom. The molecule has 1 amide bonds. The molecule has 0 bridgehead atoms. The van der Waals surface area contributed by atoms with Crippen molar-refractivity contribution in [1.29, 1.82) is 0 Å². The van der Waals surface area contributed by atoms with Gasteiger partial charge in [0.15, 0.2) is 5.76 Å². The molecule has 5 heteroatoms. The van der Waals surface area contributed by atoms with Gasteiger partial charge in [-0.25, -0.2) is 0 Å². The number of hydrogen-bond acceptors (Lipinski definition) is 4. The summed E-state index contributed by atoms with van der Waals surface area (Å²) in [5.41, 5.74) is 1.68. The number of rotatable bonds is 6. The number of para-hydroxylation sites is 1. The average Bonchev–Trinajstić information content (AvgIpc) is 3.10. The fourth-order valence-electron chi connectivity index (χ4n) is 2.34. The number of amides is 1. The second-order valence-electron chi connectivity index (χ2n) is 5.51. The Kier molecular flexibility index (Phi) is 5.04. The van der Waals surface area contributed by atoms with Gasteiger partial charge in [0.05, 0.1) is 7.11 Å². The Bertz CT molecular complexity index is 869. The summed E-state index contributed by atoms with van der Waals surface area (Å²) < 4.78 is 16.4. The molecule has 1 heterocycles. The van der Waals surface area contributed by atoms with E-state index in [0.717, 1.165) is 11.3 Å². The monoisotopic (exact) mass is 337 g/mol. The topological polar surface area (TPSA) is 60.7 Å². The lowest BCUT2D eigenvalue weighted by atomic mass is 10.2. The first-order valence-electron chi connectivity index (χ1n) is 7.88. The summed E-state index contributed by atoms with van der Waals surface area (Å²) in [7, 11) is 1.58. The summed E-state index contributed by atoms with van der Waals surface area (Å²) in [5.74, 6) is 1.95. The van der Waals surface area contributed by atoms with Crippen LogP contribution in [0.1, 0.15) is 21.9 Å². The van der Waals surface area contributed by atoms with Crippen molar-refractivity contribution >= 4 is 11.6 Å². The molecule has 0 fully saturated rings. The van der Waals surface area contributed by atoms with E-state index in [1.807, 2.05) is 37.3 Å². The number of carbonyl (C=O) groups is 1. The van der Waals surface area contributed by atoms with Crippen LogP contribution in [0.2, 0.25) is 0 Å². The van der Waals surface area contributed by atoms with Gasteiger partial charge in [-0.1, -0.05) is 24.3 Å². The molecule has 1 aromatic heterocycles. The van der Waals surface area contributed by atoms with Crippen molar-refractivity contribution in [1.82, 2.24) is 0 Å². The Hall–Kier alpha value is -3.21. The highest BCUT2D eigenvalue weighted by molar-refractivity contribution is 6.02. The van der Waals surface area contributed by atoms with E-state index >= 15 is 0 Å². The molecule has 0 aliphatic heterocycles. The predicted octanol–water partition coefficient (Wildman–Crippen LogP) is 4.43. The lowest BCUT2D eigenvalue weighted by molar-refractivity contribution is 0.0992. The molecular formula is C20H19NO4. The molecule has 0 aliphatic rings. The van der Waals surface area contributed by atoms with Crippen LogP contribution in [0, 0.1) is 6.92 Å². The van der Waals surface area contributed by atoms with E-state index in [1.54, 1.807) is 37.4 Å². The van der Waals surface area contributed by atoms with Crippen LogP contribution in [0.4, 0.5) is 5.69 Å². The molecule has 3 aromatic rings. The van der Waals surface area contributed by atoms with Crippen LogP contribution in [0.3, 0.4) is 0 Å². The molecule has 0 unspecified atom stereocenters. The molecule has 0 aliphatic carbocycles. The Morgan fingerprint density at radius 1 is 1.08 bits per heavy atom. The van der Waals surface area contributed by atoms with Crippen LogP contribution < -0.4 is 14.8 Å². The zero-order valence-electron chi connectivity index (χ0n) is 14.1. The van der Waals surface area contributed by atoms with Crippen molar-refractivity contribution < 1.29 is 18.7 Å². The van der Waals surface area contributed by atoms with Gasteiger partial charge in [0.1, 0.15) is 23.9 Å². The SMILES string of the molecule is COc1cccc(NC(=O)c2ccc(COc3ccccc3C)o2)c1. The fourth-order valence-corrected chi connectivity index (χ4v) is 2.34. The highest BCUT2D eigenvalue weighted by Crippen LogP contribution is 2.20. The highest BCUT2D eigenvalue weighted by atomic mass is 16.5. The maximum Gasteiger partial charge on any atom is 0.291 e. The number of methoxy groups -OCH3 is 1. The molecule has 3 rings (SSSR count). The number of aryl methyl sites for hydroxylation is 1. The van der Waals surface area contributed by atoms with Gasteiger partial charge in [-0.15, -0.1) is 0 Å². The van der Waals surface area contributed by atoms with Gasteiger partial charge in [-0.3, -0.25) is 4.79 Å². The van der Waals surface area contributed by atoms with E-state index < -0.39 is 0 Å². The predicted molar refractivity (Wildman–Crippen MR) is 95.2 cm³/mol. The summed E-state index contributed by atoms with van der Waals surface area (Å²) in [6, 6.07) is 18.2. The molecule has 128 valence electrons. The average molecular weight is 337 g/mol. The molecule has 0 saturated carbocycles. The molecule has 1 N–H and O–H groups in total. The third-order valence-electron chi connectivity index (χ3n) is 3.68. The largest absolute Gasteiger partial charge is 0.497 e. The van der Waals surface area contributed by atoms with Gasteiger partial charge >= 0.3 is 0 Å².